The second-order valence-electron chi connectivity index (χ2n) is 6.51. The van der Waals surface area contributed by atoms with Crippen LogP contribution in [0.25, 0.3) is 17.0 Å². The van der Waals surface area contributed by atoms with E-state index in [0.717, 1.165) is 31.5 Å². The van der Waals surface area contributed by atoms with Crippen LogP contribution >= 0.6 is 0 Å². The number of benzene rings is 1. The van der Waals surface area contributed by atoms with E-state index >= 15 is 0 Å². The molecule has 0 atom stereocenters. The SMILES string of the molecule is CCCc1nnc(-c2ccc(C3=CCN(C(C)C)CC3)cc2F)o1. The maximum atomic E-state index is 14.5. The fourth-order valence-corrected chi connectivity index (χ4v) is 2.98. The van der Waals surface area contributed by atoms with E-state index in [1.165, 1.54) is 5.57 Å². The summed E-state index contributed by atoms with van der Waals surface area (Å²) < 4.78 is 20.1. The smallest absolute Gasteiger partial charge is 0.250 e. The van der Waals surface area contributed by atoms with Crippen LogP contribution in [0.1, 0.15) is 45.1 Å². The normalized spacial score (nSPS) is 15.8. The van der Waals surface area contributed by atoms with Gasteiger partial charge in [0.25, 0.3) is 5.89 Å². The Bertz CT molecular complexity index is 736. The standard InChI is InChI=1S/C19H24FN3O/c1-4-5-18-21-22-19(24-18)16-7-6-15(12-17(16)20)14-8-10-23(11-9-14)13(2)3/h6-8,12-13H,4-5,9-11H2,1-3H3. The van der Waals surface area contributed by atoms with Gasteiger partial charge in [0.1, 0.15) is 5.82 Å². The quantitative estimate of drug-likeness (QED) is 0.819. The minimum atomic E-state index is -0.314. The topological polar surface area (TPSA) is 42.2 Å². The summed E-state index contributed by atoms with van der Waals surface area (Å²) in [6.45, 7) is 8.36. The highest BCUT2D eigenvalue weighted by molar-refractivity contribution is 5.69. The maximum Gasteiger partial charge on any atom is 0.250 e. The monoisotopic (exact) mass is 329 g/mol. The molecule has 5 heteroatoms. The molecular weight excluding hydrogens is 305 g/mol. The Morgan fingerprint density at radius 3 is 2.75 bits per heavy atom. The molecule has 128 valence electrons. The first-order valence-electron chi connectivity index (χ1n) is 8.64. The number of nitrogens with zero attached hydrogens (tertiary/aromatic N) is 3. The van der Waals surface area contributed by atoms with Gasteiger partial charge in [-0.1, -0.05) is 19.1 Å². The van der Waals surface area contributed by atoms with Gasteiger partial charge in [0.15, 0.2) is 0 Å². The van der Waals surface area contributed by atoms with E-state index in [9.17, 15) is 4.39 Å². The molecule has 0 saturated heterocycles. The second-order valence-corrected chi connectivity index (χ2v) is 6.51. The minimum absolute atomic E-state index is 0.256. The number of rotatable bonds is 5. The van der Waals surface area contributed by atoms with E-state index in [4.69, 9.17) is 4.42 Å². The molecule has 0 spiro atoms. The van der Waals surface area contributed by atoms with Crippen molar-refractivity contribution in [2.45, 2.75) is 46.1 Å². The third kappa shape index (κ3) is 3.56. The van der Waals surface area contributed by atoms with Crippen LogP contribution in [0.2, 0.25) is 0 Å². The van der Waals surface area contributed by atoms with E-state index < -0.39 is 0 Å². The molecular formula is C19H24FN3O. The van der Waals surface area contributed by atoms with Gasteiger partial charge in [0.05, 0.1) is 5.56 Å². The van der Waals surface area contributed by atoms with Gasteiger partial charge in [-0.3, -0.25) is 4.90 Å². The molecule has 0 unspecified atom stereocenters. The summed E-state index contributed by atoms with van der Waals surface area (Å²) in [4.78, 5) is 2.40. The van der Waals surface area contributed by atoms with Crippen LogP contribution in [0.4, 0.5) is 4.39 Å². The molecule has 0 N–H and O–H groups in total. The lowest BCUT2D eigenvalue weighted by Crippen LogP contribution is -2.34. The van der Waals surface area contributed by atoms with E-state index in [2.05, 4.69) is 35.0 Å². The highest BCUT2D eigenvalue weighted by Crippen LogP contribution is 2.28. The van der Waals surface area contributed by atoms with E-state index in [0.29, 0.717) is 23.9 Å². The van der Waals surface area contributed by atoms with Crippen LogP contribution in [-0.4, -0.2) is 34.2 Å². The highest BCUT2D eigenvalue weighted by atomic mass is 19.1. The predicted molar refractivity (Wildman–Crippen MR) is 93.0 cm³/mol. The first-order chi connectivity index (χ1) is 11.6. The number of hydrogen-bond donors (Lipinski definition) is 0. The van der Waals surface area contributed by atoms with E-state index in [1.54, 1.807) is 12.1 Å². The van der Waals surface area contributed by atoms with Crippen molar-refractivity contribution in [3.05, 3.63) is 41.5 Å². The third-order valence-electron chi connectivity index (χ3n) is 4.47. The molecule has 1 aliphatic heterocycles. The van der Waals surface area contributed by atoms with Crippen molar-refractivity contribution in [1.82, 2.24) is 15.1 Å². The average molecular weight is 329 g/mol. The van der Waals surface area contributed by atoms with Crippen LogP contribution < -0.4 is 0 Å². The molecule has 0 bridgehead atoms. The second kappa shape index (κ2) is 7.26. The van der Waals surface area contributed by atoms with Crippen LogP contribution in [0.15, 0.2) is 28.7 Å². The molecule has 0 aliphatic carbocycles. The molecule has 0 saturated carbocycles. The molecule has 2 heterocycles. The number of aromatic nitrogens is 2. The number of halogens is 1. The van der Waals surface area contributed by atoms with Crippen LogP contribution in [0.5, 0.6) is 0 Å². The van der Waals surface area contributed by atoms with Gasteiger partial charge >= 0.3 is 0 Å². The number of hydrogen-bond acceptors (Lipinski definition) is 4. The molecule has 24 heavy (non-hydrogen) atoms. The highest BCUT2D eigenvalue weighted by Gasteiger charge is 2.18. The molecule has 0 fully saturated rings. The third-order valence-corrected chi connectivity index (χ3v) is 4.47. The van der Waals surface area contributed by atoms with Crippen molar-refractivity contribution >= 4 is 5.57 Å². The summed E-state index contributed by atoms with van der Waals surface area (Å²) in [6.07, 6.45) is 4.78. The van der Waals surface area contributed by atoms with Crippen molar-refractivity contribution < 1.29 is 8.81 Å². The van der Waals surface area contributed by atoms with Gasteiger partial charge in [0.2, 0.25) is 5.89 Å². The van der Waals surface area contributed by atoms with Crippen molar-refractivity contribution in [1.29, 1.82) is 0 Å². The van der Waals surface area contributed by atoms with Crippen LogP contribution in [0, 0.1) is 5.82 Å². The zero-order chi connectivity index (χ0) is 17.1. The van der Waals surface area contributed by atoms with Gasteiger partial charge in [-0.25, -0.2) is 4.39 Å². The molecule has 0 amide bonds. The molecule has 1 aromatic carbocycles. The van der Waals surface area contributed by atoms with Gasteiger partial charge in [0, 0.05) is 25.6 Å². The molecule has 3 rings (SSSR count). The summed E-state index contributed by atoms with van der Waals surface area (Å²) in [5.74, 6) is 0.497. The molecule has 0 radical (unpaired) electrons. The van der Waals surface area contributed by atoms with E-state index in [-0.39, 0.29) is 11.7 Å². The lowest BCUT2D eigenvalue weighted by molar-refractivity contribution is 0.245. The van der Waals surface area contributed by atoms with Gasteiger partial charge in [-0.15, -0.1) is 10.2 Å². The zero-order valence-electron chi connectivity index (χ0n) is 14.6. The Morgan fingerprint density at radius 2 is 2.12 bits per heavy atom. The molecule has 1 aromatic heterocycles. The average Bonchev–Trinajstić information content (AvgIpc) is 3.03. The Labute approximate surface area is 142 Å². The first-order valence-corrected chi connectivity index (χ1v) is 8.64. The summed E-state index contributed by atoms with van der Waals surface area (Å²) in [5.41, 5.74) is 2.51. The molecule has 2 aromatic rings. The summed E-state index contributed by atoms with van der Waals surface area (Å²) in [7, 11) is 0. The molecule has 1 aliphatic rings. The summed E-state index contributed by atoms with van der Waals surface area (Å²) >= 11 is 0. The van der Waals surface area contributed by atoms with Crippen molar-refractivity contribution in [2.24, 2.45) is 0 Å². The lowest BCUT2D eigenvalue weighted by Gasteiger charge is -2.29. The van der Waals surface area contributed by atoms with Crippen LogP contribution in [-0.2, 0) is 6.42 Å². The summed E-state index contributed by atoms with van der Waals surface area (Å²) in [6, 6.07) is 5.80. The van der Waals surface area contributed by atoms with Crippen molar-refractivity contribution in [3.8, 4) is 11.5 Å². The van der Waals surface area contributed by atoms with Gasteiger partial charge in [-0.2, -0.15) is 0 Å². The molecule has 4 nitrogen and oxygen atoms in total. The maximum absolute atomic E-state index is 14.5. The largest absolute Gasteiger partial charge is 0.421 e. The first kappa shape index (κ1) is 16.8. The van der Waals surface area contributed by atoms with Crippen molar-refractivity contribution in [3.63, 3.8) is 0 Å². The Kier molecular flexibility index (Phi) is 5.09. The summed E-state index contributed by atoms with van der Waals surface area (Å²) in [5, 5.41) is 7.92. The van der Waals surface area contributed by atoms with E-state index in [1.807, 2.05) is 13.0 Å². The lowest BCUT2D eigenvalue weighted by atomic mass is 9.97. The Hall–Kier alpha value is -2.01. The zero-order valence-corrected chi connectivity index (χ0v) is 14.6. The Balaban J connectivity index is 1.80. The van der Waals surface area contributed by atoms with Gasteiger partial charge < -0.3 is 4.42 Å². The van der Waals surface area contributed by atoms with Crippen LogP contribution in [0.3, 0.4) is 0 Å². The Morgan fingerprint density at radius 1 is 1.29 bits per heavy atom. The number of aryl methyl sites for hydroxylation is 1. The van der Waals surface area contributed by atoms with Crippen molar-refractivity contribution in [2.75, 3.05) is 13.1 Å². The minimum Gasteiger partial charge on any atom is -0.421 e. The van der Waals surface area contributed by atoms with Gasteiger partial charge in [-0.05, 0) is 50.0 Å². The fourth-order valence-electron chi connectivity index (χ4n) is 2.98. The fraction of sp³-hybridized carbons (Fsp3) is 0.474. The predicted octanol–water partition coefficient (Wildman–Crippen LogP) is 4.33.